The second kappa shape index (κ2) is 7.04. The Hall–Kier alpha value is -2.13. The van der Waals surface area contributed by atoms with Gasteiger partial charge in [-0.15, -0.1) is 0 Å². The first-order chi connectivity index (χ1) is 10.1. The summed E-state index contributed by atoms with van der Waals surface area (Å²) in [7, 11) is 1.61. The normalized spacial score (nSPS) is 13.5. The molecule has 0 aromatic heterocycles. The number of nitrogens with two attached hydrogens (primary N) is 1. The summed E-state index contributed by atoms with van der Waals surface area (Å²) in [5.74, 6) is 0.625. The minimum Gasteiger partial charge on any atom is -0.496 e. The van der Waals surface area contributed by atoms with E-state index < -0.39 is 0 Å². The number of benzene rings is 2. The Labute approximate surface area is 125 Å². The summed E-state index contributed by atoms with van der Waals surface area (Å²) in [5, 5.41) is 0. The van der Waals surface area contributed by atoms with Gasteiger partial charge in [0.15, 0.2) is 0 Å². The Morgan fingerprint density at radius 1 is 1.10 bits per heavy atom. The summed E-state index contributed by atoms with van der Waals surface area (Å²) in [4.78, 5) is 12.5. The number of ether oxygens (including phenoxy) is 1. The lowest BCUT2D eigenvalue weighted by molar-refractivity contribution is -0.122. The first-order valence-corrected chi connectivity index (χ1v) is 7.08. The number of hydrogen-bond donors (Lipinski definition) is 1. The number of Topliss-reactive ketones (excluding diaryl/α,β-unsaturated/α-hetero) is 1. The Kier molecular flexibility index (Phi) is 5.12. The van der Waals surface area contributed by atoms with Crippen LogP contribution >= 0.6 is 0 Å². The van der Waals surface area contributed by atoms with Gasteiger partial charge in [0.1, 0.15) is 11.5 Å². The van der Waals surface area contributed by atoms with Crippen molar-refractivity contribution in [1.29, 1.82) is 0 Å². The van der Waals surface area contributed by atoms with Gasteiger partial charge in [0.25, 0.3) is 0 Å². The number of carbonyl (C=O) groups is 1. The summed E-state index contributed by atoms with van der Waals surface area (Å²) < 4.78 is 5.29. The molecule has 0 saturated heterocycles. The van der Waals surface area contributed by atoms with Crippen LogP contribution in [0.4, 0.5) is 0 Å². The number of hydrogen-bond acceptors (Lipinski definition) is 3. The molecule has 2 aromatic carbocycles. The average molecular weight is 283 g/mol. The van der Waals surface area contributed by atoms with E-state index in [0.29, 0.717) is 6.42 Å². The summed E-state index contributed by atoms with van der Waals surface area (Å²) in [6, 6.07) is 17.0. The van der Waals surface area contributed by atoms with E-state index in [0.717, 1.165) is 16.9 Å². The van der Waals surface area contributed by atoms with E-state index >= 15 is 0 Å². The molecule has 2 rings (SSSR count). The van der Waals surface area contributed by atoms with Crippen LogP contribution in [0.3, 0.4) is 0 Å². The zero-order valence-electron chi connectivity index (χ0n) is 12.5. The van der Waals surface area contributed by atoms with E-state index in [-0.39, 0.29) is 17.7 Å². The number of rotatable bonds is 6. The largest absolute Gasteiger partial charge is 0.496 e. The molecule has 0 aliphatic carbocycles. The van der Waals surface area contributed by atoms with Gasteiger partial charge in [0, 0.05) is 23.9 Å². The van der Waals surface area contributed by atoms with Gasteiger partial charge in [0.05, 0.1) is 7.11 Å². The van der Waals surface area contributed by atoms with Crippen LogP contribution in [-0.4, -0.2) is 12.9 Å². The SMILES string of the molecule is COc1ccccc1CC(=O)C(C)C(N)c1ccccc1. The molecule has 2 atom stereocenters. The highest BCUT2D eigenvalue weighted by Crippen LogP contribution is 2.24. The van der Waals surface area contributed by atoms with E-state index in [1.807, 2.05) is 61.5 Å². The summed E-state index contributed by atoms with van der Waals surface area (Å²) in [6.45, 7) is 1.88. The Morgan fingerprint density at radius 3 is 2.38 bits per heavy atom. The van der Waals surface area contributed by atoms with Crippen molar-refractivity contribution in [2.24, 2.45) is 11.7 Å². The van der Waals surface area contributed by atoms with E-state index in [2.05, 4.69) is 0 Å². The highest BCUT2D eigenvalue weighted by atomic mass is 16.5. The summed E-state index contributed by atoms with van der Waals surface area (Å²) in [6.07, 6.45) is 0.339. The molecule has 3 nitrogen and oxygen atoms in total. The average Bonchev–Trinajstić information content (AvgIpc) is 2.54. The maximum atomic E-state index is 12.5. The topological polar surface area (TPSA) is 52.3 Å². The predicted molar refractivity (Wildman–Crippen MR) is 84.2 cm³/mol. The molecule has 2 aromatic rings. The van der Waals surface area contributed by atoms with E-state index in [9.17, 15) is 4.79 Å². The Balaban J connectivity index is 2.09. The lowest BCUT2D eigenvalue weighted by Gasteiger charge is -2.19. The molecule has 0 fully saturated rings. The molecule has 2 N–H and O–H groups in total. The number of para-hydroxylation sites is 1. The van der Waals surface area contributed by atoms with Crippen LogP contribution in [0.5, 0.6) is 5.75 Å². The number of carbonyl (C=O) groups excluding carboxylic acids is 1. The van der Waals surface area contributed by atoms with Crippen LogP contribution in [0, 0.1) is 5.92 Å². The molecule has 0 bridgehead atoms. The van der Waals surface area contributed by atoms with Crippen LogP contribution < -0.4 is 10.5 Å². The van der Waals surface area contributed by atoms with Crippen molar-refractivity contribution < 1.29 is 9.53 Å². The molecular formula is C18H21NO2. The molecule has 2 unspecified atom stereocenters. The third-order valence-electron chi connectivity index (χ3n) is 3.79. The third-order valence-corrected chi connectivity index (χ3v) is 3.79. The Bertz CT molecular complexity index is 595. The van der Waals surface area contributed by atoms with Crippen molar-refractivity contribution in [1.82, 2.24) is 0 Å². The maximum absolute atomic E-state index is 12.5. The highest BCUT2D eigenvalue weighted by Gasteiger charge is 2.22. The van der Waals surface area contributed by atoms with Gasteiger partial charge >= 0.3 is 0 Å². The first kappa shape index (κ1) is 15.3. The monoisotopic (exact) mass is 283 g/mol. The molecule has 0 amide bonds. The zero-order chi connectivity index (χ0) is 15.2. The van der Waals surface area contributed by atoms with Gasteiger partial charge in [-0.25, -0.2) is 0 Å². The van der Waals surface area contributed by atoms with Gasteiger partial charge in [-0.1, -0.05) is 55.5 Å². The van der Waals surface area contributed by atoms with Gasteiger partial charge < -0.3 is 10.5 Å². The second-order valence-corrected chi connectivity index (χ2v) is 5.18. The van der Waals surface area contributed by atoms with Crippen LogP contribution in [-0.2, 0) is 11.2 Å². The fraction of sp³-hybridized carbons (Fsp3) is 0.278. The molecule has 21 heavy (non-hydrogen) atoms. The molecule has 0 heterocycles. The van der Waals surface area contributed by atoms with Gasteiger partial charge in [0.2, 0.25) is 0 Å². The molecule has 3 heteroatoms. The smallest absolute Gasteiger partial charge is 0.142 e. The van der Waals surface area contributed by atoms with Crippen LogP contribution in [0.1, 0.15) is 24.1 Å². The lowest BCUT2D eigenvalue weighted by atomic mass is 9.89. The van der Waals surface area contributed by atoms with Crippen molar-refractivity contribution in [2.75, 3.05) is 7.11 Å². The van der Waals surface area contributed by atoms with Crippen LogP contribution in [0.2, 0.25) is 0 Å². The van der Waals surface area contributed by atoms with Crippen molar-refractivity contribution in [3.05, 3.63) is 65.7 Å². The van der Waals surface area contributed by atoms with Crippen molar-refractivity contribution in [2.45, 2.75) is 19.4 Å². The minimum absolute atomic E-state index is 0.121. The fourth-order valence-corrected chi connectivity index (χ4v) is 2.36. The molecule has 0 saturated carbocycles. The minimum atomic E-state index is -0.284. The van der Waals surface area contributed by atoms with Crippen molar-refractivity contribution in [3.8, 4) is 5.75 Å². The quantitative estimate of drug-likeness (QED) is 0.886. The lowest BCUT2D eigenvalue weighted by Crippen LogP contribution is -2.27. The highest BCUT2D eigenvalue weighted by molar-refractivity contribution is 5.84. The van der Waals surface area contributed by atoms with E-state index in [1.54, 1.807) is 7.11 Å². The van der Waals surface area contributed by atoms with Gasteiger partial charge in [-0.3, -0.25) is 4.79 Å². The second-order valence-electron chi connectivity index (χ2n) is 5.18. The molecule has 110 valence electrons. The molecule has 0 aliphatic heterocycles. The predicted octanol–water partition coefficient (Wildman–Crippen LogP) is 3.14. The molecule has 0 aliphatic rings. The molecule has 0 radical (unpaired) electrons. The van der Waals surface area contributed by atoms with Crippen LogP contribution in [0.25, 0.3) is 0 Å². The van der Waals surface area contributed by atoms with Gasteiger partial charge in [-0.2, -0.15) is 0 Å². The van der Waals surface area contributed by atoms with Crippen molar-refractivity contribution in [3.63, 3.8) is 0 Å². The standard InChI is InChI=1S/C18H21NO2/c1-13(18(19)14-8-4-3-5-9-14)16(20)12-15-10-6-7-11-17(15)21-2/h3-11,13,18H,12,19H2,1-2H3. The molecular weight excluding hydrogens is 262 g/mol. The first-order valence-electron chi connectivity index (χ1n) is 7.08. The maximum Gasteiger partial charge on any atom is 0.142 e. The van der Waals surface area contributed by atoms with Gasteiger partial charge in [-0.05, 0) is 11.6 Å². The van der Waals surface area contributed by atoms with E-state index in [1.165, 1.54) is 0 Å². The third kappa shape index (κ3) is 3.70. The number of methoxy groups -OCH3 is 1. The molecule has 0 spiro atoms. The van der Waals surface area contributed by atoms with Crippen LogP contribution in [0.15, 0.2) is 54.6 Å². The fourth-order valence-electron chi connectivity index (χ4n) is 2.36. The van der Waals surface area contributed by atoms with E-state index in [4.69, 9.17) is 10.5 Å². The summed E-state index contributed by atoms with van der Waals surface area (Å²) in [5.41, 5.74) is 8.10. The Morgan fingerprint density at radius 2 is 1.71 bits per heavy atom. The van der Waals surface area contributed by atoms with Crippen molar-refractivity contribution >= 4 is 5.78 Å². The number of ketones is 1. The summed E-state index contributed by atoms with van der Waals surface area (Å²) >= 11 is 0. The zero-order valence-corrected chi connectivity index (χ0v) is 12.5.